The first kappa shape index (κ1) is 14.3. The molecule has 4 heteroatoms. The molecule has 20 heavy (non-hydrogen) atoms. The summed E-state index contributed by atoms with van der Waals surface area (Å²) in [5, 5.41) is 3.32. The number of hydrogen-bond acceptors (Lipinski definition) is 3. The number of halogens is 1. The Morgan fingerprint density at radius 1 is 1.25 bits per heavy atom. The first-order valence-electron chi connectivity index (χ1n) is 6.50. The molecule has 1 atom stereocenters. The standard InChI is InChI=1S/C16H19FN2O/c1-11-4-3-5-13(8-11)19-15(10-18)12-6-7-16(20-2)14(17)9-12/h3-9,15,19H,10,18H2,1-2H3. The van der Waals surface area contributed by atoms with E-state index in [-0.39, 0.29) is 17.6 Å². The third kappa shape index (κ3) is 3.27. The number of benzene rings is 2. The minimum Gasteiger partial charge on any atom is -0.494 e. The smallest absolute Gasteiger partial charge is 0.165 e. The molecule has 2 rings (SSSR count). The molecule has 0 aliphatic heterocycles. The molecule has 0 bridgehead atoms. The Balaban J connectivity index is 2.22. The van der Waals surface area contributed by atoms with Gasteiger partial charge in [0.1, 0.15) is 0 Å². The summed E-state index contributed by atoms with van der Waals surface area (Å²) in [6.07, 6.45) is 0. The number of aryl methyl sites for hydroxylation is 1. The molecule has 2 aromatic carbocycles. The maximum Gasteiger partial charge on any atom is 0.165 e. The Morgan fingerprint density at radius 2 is 2.05 bits per heavy atom. The zero-order chi connectivity index (χ0) is 14.5. The van der Waals surface area contributed by atoms with Gasteiger partial charge in [0.2, 0.25) is 0 Å². The van der Waals surface area contributed by atoms with E-state index in [0.717, 1.165) is 16.8 Å². The molecule has 3 N–H and O–H groups in total. The number of hydrogen-bond donors (Lipinski definition) is 2. The maximum absolute atomic E-state index is 13.8. The van der Waals surface area contributed by atoms with E-state index in [1.165, 1.54) is 13.2 Å². The van der Waals surface area contributed by atoms with Crippen molar-refractivity contribution in [2.45, 2.75) is 13.0 Å². The number of ether oxygens (including phenoxy) is 1. The Hall–Kier alpha value is -2.07. The second kappa shape index (κ2) is 6.39. The molecule has 0 aliphatic carbocycles. The Kier molecular flexibility index (Phi) is 4.58. The molecule has 0 aliphatic rings. The van der Waals surface area contributed by atoms with Crippen LogP contribution in [0.2, 0.25) is 0 Å². The number of anilines is 1. The van der Waals surface area contributed by atoms with Gasteiger partial charge in [0.15, 0.2) is 11.6 Å². The number of nitrogens with one attached hydrogen (secondary N) is 1. The van der Waals surface area contributed by atoms with Gasteiger partial charge in [-0.3, -0.25) is 0 Å². The Morgan fingerprint density at radius 3 is 2.65 bits per heavy atom. The molecule has 0 radical (unpaired) electrons. The molecule has 1 unspecified atom stereocenters. The van der Waals surface area contributed by atoms with Crippen LogP contribution in [0.5, 0.6) is 5.75 Å². The molecular formula is C16H19FN2O. The van der Waals surface area contributed by atoms with Gasteiger partial charge < -0.3 is 15.8 Å². The van der Waals surface area contributed by atoms with Gasteiger partial charge >= 0.3 is 0 Å². The van der Waals surface area contributed by atoms with E-state index in [0.29, 0.717) is 6.54 Å². The second-order valence-corrected chi connectivity index (χ2v) is 4.70. The van der Waals surface area contributed by atoms with Crippen LogP contribution in [0.4, 0.5) is 10.1 Å². The van der Waals surface area contributed by atoms with Crippen molar-refractivity contribution in [3.05, 3.63) is 59.4 Å². The molecule has 0 saturated heterocycles. The van der Waals surface area contributed by atoms with Crippen LogP contribution in [0, 0.1) is 12.7 Å². The zero-order valence-corrected chi connectivity index (χ0v) is 11.7. The lowest BCUT2D eigenvalue weighted by atomic mass is 10.1. The van der Waals surface area contributed by atoms with Crippen molar-refractivity contribution in [1.82, 2.24) is 0 Å². The summed E-state index contributed by atoms with van der Waals surface area (Å²) in [5.74, 6) is -0.144. The van der Waals surface area contributed by atoms with Crippen LogP contribution in [0.1, 0.15) is 17.2 Å². The summed E-state index contributed by atoms with van der Waals surface area (Å²) in [6.45, 7) is 2.40. The van der Waals surface area contributed by atoms with Gasteiger partial charge in [0, 0.05) is 12.2 Å². The highest BCUT2D eigenvalue weighted by Crippen LogP contribution is 2.24. The van der Waals surface area contributed by atoms with E-state index in [9.17, 15) is 4.39 Å². The van der Waals surface area contributed by atoms with Crippen LogP contribution in [0.25, 0.3) is 0 Å². The number of methoxy groups -OCH3 is 1. The Bertz CT molecular complexity index is 586. The largest absolute Gasteiger partial charge is 0.494 e. The summed E-state index contributed by atoms with van der Waals surface area (Å²) in [4.78, 5) is 0. The van der Waals surface area contributed by atoms with Crippen LogP contribution in [-0.4, -0.2) is 13.7 Å². The van der Waals surface area contributed by atoms with Gasteiger partial charge in [-0.2, -0.15) is 0 Å². The lowest BCUT2D eigenvalue weighted by molar-refractivity contribution is 0.386. The zero-order valence-electron chi connectivity index (χ0n) is 11.7. The van der Waals surface area contributed by atoms with Gasteiger partial charge in [0.25, 0.3) is 0 Å². The van der Waals surface area contributed by atoms with Crippen LogP contribution < -0.4 is 15.8 Å². The highest BCUT2D eigenvalue weighted by Gasteiger charge is 2.12. The first-order chi connectivity index (χ1) is 9.63. The van der Waals surface area contributed by atoms with Crippen LogP contribution in [0.15, 0.2) is 42.5 Å². The van der Waals surface area contributed by atoms with E-state index >= 15 is 0 Å². The van der Waals surface area contributed by atoms with Crippen LogP contribution in [-0.2, 0) is 0 Å². The monoisotopic (exact) mass is 274 g/mol. The quantitative estimate of drug-likeness (QED) is 0.879. The molecule has 106 valence electrons. The van der Waals surface area contributed by atoms with Crippen molar-refractivity contribution >= 4 is 5.69 Å². The molecular weight excluding hydrogens is 255 g/mol. The third-order valence-electron chi connectivity index (χ3n) is 3.17. The van der Waals surface area contributed by atoms with Crippen molar-refractivity contribution < 1.29 is 9.13 Å². The van der Waals surface area contributed by atoms with Crippen molar-refractivity contribution in [3.8, 4) is 5.75 Å². The van der Waals surface area contributed by atoms with Crippen molar-refractivity contribution in [2.75, 3.05) is 19.0 Å². The molecule has 2 aromatic rings. The average Bonchev–Trinajstić information content (AvgIpc) is 2.44. The van der Waals surface area contributed by atoms with E-state index in [2.05, 4.69) is 5.32 Å². The van der Waals surface area contributed by atoms with E-state index in [4.69, 9.17) is 10.5 Å². The SMILES string of the molecule is COc1ccc(C(CN)Nc2cccc(C)c2)cc1F. The fraction of sp³-hybridized carbons (Fsp3) is 0.250. The normalized spacial score (nSPS) is 12.0. The first-order valence-corrected chi connectivity index (χ1v) is 6.50. The molecule has 0 amide bonds. The summed E-state index contributed by atoms with van der Waals surface area (Å²) in [7, 11) is 1.45. The van der Waals surface area contributed by atoms with E-state index in [1.807, 2.05) is 37.3 Å². The topological polar surface area (TPSA) is 47.3 Å². The van der Waals surface area contributed by atoms with Crippen molar-refractivity contribution in [1.29, 1.82) is 0 Å². The van der Waals surface area contributed by atoms with Gasteiger partial charge in [-0.15, -0.1) is 0 Å². The predicted molar refractivity (Wildman–Crippen MR) is 79.5 cm³/mol. The van der Waals surface area contributed by atoms with Gasteiger partial charge in [-0.1, -0.05) is 18.2 Å². The molecule has 0 fully saturated rings. The molecule has 0 saturated carbocycles. The van der Waals surface area contributed by atoms with Gasteiger partial charge in [-0.25, -0.2) is 4.39 Å². The minimum absolute atomic E-state index is 0.141. The summed E-state index contributed by atoms with van der Waals surface area (Å²) < 4.78 is 18.7. The van der Waals surface area contributed by atoms with Gasteiger partial charge in [0.05, 0.1) is 13.2 Å². The minimum atomic E-state index is -0.380. The summed E-state index contributed by atoms with van der Waals surface area (Å²) in [5.41, 5.74) is 8.72. The van der Waals surface area contributed by atoms with Crippen LogP contribution >= 0.6 is 0 Å². The third-order valence-corrected chi connectivity index (χ3v) is 3.17. The second-order valence-electron chi connectivity index (χ2n) is 4.70. The molecule has 0 spiro atoms. The Labute approximate surface area is 118 Å². The molecule has 0 aromatic heterocycles. The predicted octanol–water partition coefficient (Wildman–Crippen LogP) is 3.25. The van der Waals surface area contributed by atoms with Crippen molar-refractivity contribution in [3.63, 3.8) is 0 Å². The average molecular weight is 274 g/mol. The van der Waals surface area contributed by atoms with E-state index in [1.54, 1.807) is 6.07 Å². The number of rotatable bonds is 5. The summed E-state index contributed by atoms with van der Waals surface area (Å²) >= 11 is 0. The lowest BCUT2D eigenvalue weighted by Crippen LogP contribution is -2.20. The molecule has 0 heterocycles. The highest BCUT2D eigenvalue weighted by atomic mass is 19.1. The number of nitrogens with two attached hydrogens (primary N) is 1. The highest BCUT2D eigenvalue weighted by molar-refractivity contribution is 5.48. The fourth-order valence-corrected chi connectivity index (χ4v) is 2.11. The summed E-state index contributed by atoms with van der Waals surface area (Å²) in [6, 6.07) is 12.7. The van der Waals surface area contributed by atoms with Crippen LogP contribution in [0.3, 0.4) is 0 Å². The maximum atomic E-state index is 13.8. The molecule has 3 nitrogen and oxygen atoms in total. The van der Waals surface area contributed by atoms with E-state index < -0.39 is 0 Å². The fourth-order valence-electron chi connectivity index (χ4n) is 2.11. The van der Waals surface area contributed by atoms with Gasteiger partial charge in [-0.05, 0) is 42.3 Å². The lowest BCUT2D eigenvalue weighted by Gasteiger charge is -2.19. The van der Waals surface area contributed by atoms with Crippen molar-refractivity contribution in [2.24, 2.45) is 5.73 Å².